The lowest BCUT2D eigenvalue weighted by molar-refractivity contribution is -0.128. The van der Waals surface area contributed by atoms with Crippen molar-refractivity contribution in [3.05, 3.63) is 59.7 Å². The molecule has 0 saturated carbocycles. The van der Waals surface area contributed by atoms with E-state index in [0.29, 0.717) is 25.3 Å². The SMILES string of the molecule is CC[C@H](Oc1ccccc1)C(=O)NCCOc1cc(C)cc(C)c1. The van der Waals surface area contributed by atoms with Gasteiger partial charge in [0.15, 0.2) is 6.10 Å². The van der Waals surface area contributed by atoms with E-state index in [4.69, 9.17) is 9.47 Å². The van der Waals surface area contributed by atoms with E-state index < -0.39 is 6.10 Å². The van der Waals surface area contributed by atoms with Gasteiger partial charge in [0.1, 0.15) is 18.1 Å². The van der Waals surface area contributed by atoms with Crippen LogP contribution in [-0.2, 0) is 4.79 Å². The summed E-state index contributed by atoms with van der Waals surface area (Å²) in [6.45, 7) is 6.87. The number of ether oxygens (including phenoxy) is 2. The van der Waals surface area contributed by atoms with E-state index in [1.807, 2.05) is 63.2 Å². The second-order valence-electron chi connectivity index (χ2n) is 5.79. The Morgan fingerprint density at radius 1 is 1.04 bits per heavy atom. The minimum absolute atomic E-state index is 0.120. The molecule has 0 radical (unpaired) electrons. The van der Waals surface area contributed by atoms with E-state index in [2.05, 4.69) is 11.4 Å². The average Bonchev–Trinajstić information content (AvgIpc) is 2.56. The van der Waals surface area contributed by atoms with Gasteiger partial charge >= 0.3 is 0 Å². The summed E-state index contributed by atoms with van der Waals surface area (Å²) in [6, 6.07) is 15.5. The molecule has 0 aliphatic rings. The van der Waals surface area contributed by atoms with Gasteiger partial charge in [-0.15, -0.1) is 0 Å². The molecule has 1 atom stereocenters. The summed E-state index contributed by atoms with van der Waals surface area (Å²) in [5.74, 6) is 1.41. The quantitative estimate of drug-likeness (QED) is 0.753. The number of benzene rings is 2. The van der Waals surface area contributed by atoms with Crippen LogP contribution in [0.15, 0.2) is 48.5 Å². The van der Waals surface area contributed by atoms with E-state index >= 15 is 0 Å². The highest BCUT2D eigenvalue weighted by Crippen LogP contribution is 2.16. The Balaban J connectivity index is 1.77. The zero-order valence-corrected chi connectivity index (χ0v) is 14.5. The third-order valence-electron chi connectivity index (χ3n) is 3.55. The topological polar surface area (TPSA) is 47.6 Å². The number of para-hydroxylation sites is 1. The van der Waals surface area contributed by atoms with Crippen LogP contribution in [0.3, 0.4) is 0 Å². The monoisotopic (exact) mass is 327 g/mol. The van der Waals surface area contributed by atoms with Crippen molar-refractivity contribution in [3.63, 3.8) is 0 Å². The van der Waals surface area contributed by atoms with Gasteiger partial charge in [-0.3, -0.25) is 4.79 Å². The van der Waals surface area contributed by atoms with Crippen molar-refractivity contribution >= 4 is 5.91 Å². The van der Waals surface area contributed by atoms with Crippen LogP contribution in [0.1, 0.15) is 24.5 Å². The predicted octanol–water partition coefficient (Wildman–Crippen LogP) is 3.66. The Kier molecular flexibility index (Phi) is 6.67. The third kappa shape index (κ3) is 5.61. The van der Waals surface area contributed by atoms with Crippen molar-refractivity contribution in [2.24, 2.45) is 0 Å². The highest BCUT2D eigenvalue weighted by Gasteiger charge is 2.17. The second-order valence-corrected chi connectivity index (χ2v) is 5.79. The zero-order valence-electron chi connectivity index (χ0n) is 14.5. The predicted molar refractivity (Wildman–Crippen MR) is 95.6 cm³/mol. The van der Waals surface area contributed by atoms with Gasteiger partial charge in [0.05, 0.1) is 6.54 Å². The minimum Gasteiger partial charge on any atom is -0.492 e. The molecule has 0 aromatic heterocycles. The van der Waals surface area contributed by atoms with Crippen molar-refractivity contribution in [1.29, 1.82) is 0 Å². The van der Waals surface area contributed by atoms with Gasteiger partial charge in [0, 0.05) is 0 Å². The molecule has 4 heteroatoms. The normalized spacial score (nSPS) is 11.6. The summed E-state index contributed by atoms with van der Waals surface area (Å²) in [4.78, 5) is 12.2. The largest absolute Gasteiger partial charge is 0.492 e. The lowest BCUT2D eigenvalue weighted by Gasteiger charge is -2.17. The van der Waals surface area contributed by atoms with Crippen molar-refractivity contribution < 1.29 is 14.3 Å². The Bertz CT molecular complexity index is 635. The van der Waals surface area contributed by atoms with Crippen LogP contribution in [-0.4, -0.2) is 25.2 Å². The van der Waals surface area contributed by atoms with Crippen LogP contribution < -0.4 is 14.8 Å². The molecule has 0 bridgehead atoms. The van der Waals surface area contributed by atoms with Gasteiger partial charge in [-0.05, 0) is 55.7 Å². The van der Waals surface area contributed by atoms with Crippen LogP contribution in [0, 0.1) is 13.8 Å². The number of rotatable bonds is 8. The number of hydrogen-bond donors (Lipinski definition) is 1. The molecular formula is C20H25NO3. The van der Waals surface area contributed by atoms with E-state index in [-0.39, 0.29) is 5.91 Å². The third-order valence-corrected chi connectivity index (χ3v) is 3.55. The first-order valence-electron chi connectivity index (χ1n) is 8.29. The summed E-state index contributed by atoms with van der Waals surface area (Å²) in [5, 5.41) is 2.86. The van der Waals surface area contributed by atoms with Gasteiger partial charge in [-0.25, -0.2) is 0 Å². The number of aryl methyl sites for hydroxylation is 2. The van der Waals surface area contributed by atoms with E-state index in [1.54, 1.807) is 0 Å². The highest BCUT2D eigenvalue weighted by molar-refractivity contribution is 5.81. The number of hydrogen-bond acceptors (Lipinski definition) is 3. The van der Waals surface area contributed by atoms with E-state index in [1.165, 1.54) is 0 Å². The van der Waals surface area contributed by atoms with Crippen LogP contribution in [0.5, 0.6) is 11.5 Å². The molecule has 0 aliphatic carbocycles. The lowest BCUT2D eigenvalue weighted by atomic mass is 10.1. The van der Waals surface area contributed by atoms with Crippen LogP contribution in [0.4, 0.5) is 0 Å². The van der Waals surface area contributed by atoms with Gasteiger partial charge in [0.2, 0.25) is 0 Å². The Morgan fingerprint density at radius 3 is 2.33 bits per heavy atom. The Morgan fingerprint density at radius 2 is 1.71 bits per heavy atom. The minimum atomic E-state index is -0.492. The Hall–Kier alpha value is -2.49. The van der Waals surface area contributed by atoms with Crippen molar-refractivity contribution in [3.8, 4) is 11.5 Å². The molecule has 0 heterocycles. The number of carbonyl (C=O) groups is 1. The number of amides is 1. The van der Waals surface area contributed by atoms with Gasteiger partial charge in [-0.2, -0.15) is 0 Å². The number of carbonyl (C=O) groups excluding carboxylic acids is 1. The molecule has 0 aliphatic heterocycles. The Labute approximate surface area is 143 Å². The van der Waals surface area contributed by atoms with Crippen molar-refractivity contribution in [2.45, 2.75) is 33.3 Å². The van der Waals surface area contributed by atoms with Crippen LogP contribution >= 0.6 is 0 Å². The summed E-state index contributed by atoms with van der Waals surface area (Å²) in [5.41, 5.74) is 2.33. The maximum absolute atomic E-state index is 12.2. The molecule has 0 fully saturated rings. The molecule has 24 heavy (non-hydrogen) atoms. The average molecular weight is 327 g/mol. The maximum Gasteiger partial charge on any atom is 0.261 e. The van der Waals surface area contributed by atoms with Crippen LogP contribution in [0.25, 0.3) is 0 Å². The first kappa shape index (κ1) is 17.9. The molecule has 0 saturated heterocycles. The van der Waals surface area contributed by atoms with Gasteiger partial charge in [-0.1, -0.05) is 31.2 Å². The molecule has 2 rings (SSSR count). The maximum atomic E-state index is 12.2. The van der Waals surface area contributed by atoms with Gasteiger partial charge < -0.3 is 14.8 Å². The summed E-state index contributed by atoms with van der Waals surface area (Å²) in [7, 11) is 0. The highest BCUT2D eigenvalue weighted by atomic mass is 16.5. The van der Waals surface area contributed by atoms with Crippen molar-refractivity contribution in [1.82, 2.24) is 5.32 Å². The summed E-state index contributed by atoms with van der Waals surface area (Å²) in [6.07, 6.45) is 0.118. The molecule has 128 valence electrons. The molecular weight excluding hydrogens is 302 g/mol. The molecule has 1 N–H and O–H groups in total. The van der Waals surface area contributed by atoms with E-state index in [0.717, 1.165) is 16.9 Å². The molecule has 1 amide bonds. The molecule has 4 nitrogen and oxygen atoms in total. The van der Waals surface area contributed by atoms with Crippen molar-refractivity contribution in [2.75, 3.05) is 13.2 Å². The fraction of sp³-hybridized carbons (Fsp3) is 0.350. The lowest BCUT2D eigenvalue weighted by Crippen LogP contribution is -2.39. The zero-order chi connectivity index (χ0) is 17.4. The fourth-order valence-electron chi connectivity index (χ4n) is 2.46. The molecule has 0 spiro atoms. The second kappa shape index (κ2) is 8.96. The van der Waals surface area contributed by atoms with Gasteiger partial charge in [0.25, 0.3) is 5.91 Å². The fourth-order valence-corrected chi connectivity index (χ4v) is 2.46. The summed E-state index contributed by atoms with van der Waals surface area (Å²) >= 11 is 0. The molecule has 0 unspecified atom stereocenters. The smallest absolute Gasteiger partial charge is 0.261 e. The first-order valence-corrected chi connectivity index (χ1v) is 8.29. The molecule has 2 aromatic carbocycles. The van der Waals surface area contributed by atoms with Crippen LogP contribution in [0.2, 0.25) is 0 Å². The number of nitrogens with one attached hydrogen (secondary N) is 1. The standard InChI is InChI=1S/C20H25NO3/c1-4-19(24-17-8-6-5-7-9-17)20(22)21-10-11-23-18-13-15(2)12-16(3)14-18/h5-9,12-14,19H,4,10-11H2,1-3H3,(H,21,22)/t19-/m0/s1. The first-order chi connectivity index (χ1) is 11.6. The summed E-state index contributed by atoms with van der Waals surface area (Å²) < 4.78 is 11.4. The molecule has 2 aromatic rings. The van der Waals surface area contributed by atoms with E-state index in [9.17, 15) is 4.79 Å².